The number of rotatable bonds is 4. The monoisotopic (exact) mass is 340 g/mol. The molecular formula is C19H24N4O2. The number of aromatic nitrogens is 1. The average Bonchev–Trinajstić information content (AvgIpc) is 2.66. The third-order valence-electron chi connectivity index (χ3n) is 4.46. The number of piperazine rings is 1. The van der Waals surface area contributed by atoms with Gasteiger partial charge in [-0.25, -0.2) is 4.98 Å². The topological polar surface area (TPSA) is 61.2 Å². The Morgan fingerprint density at radius 2 is 1.88 bits per heavy atom. The van der Waals surface area contributed by atoms with Crippen molar-refractivity contribution in [2.75, 3.05) is 33.2 Å². The molecule has 0 unspecified atom stereocenters. The summed E-state index contributed by atoms with van der Waals surface area (Å²) in [6.07, 6.45) is 2.66. The van der Waals surface area contributed by atoms with E-state index in [2.05, 4.69) is 33.9 Å². The molecule has 0 atom stereocenters. The molecule has 132 valence electrons. The lowest BCUT2D eigenvalue weighted by Gasteiger charge is -2.34. The summed E-state index contributed by atoms with van der Waals surface area (Å²) in [4.78, 5) is 8.65. The van der Waals surface area contributed by atoms with Crippen molar-refractivity contribution in [1.82, 2.24) is 14.8 Å². The molecule has 25 heavy (non-hydrogen) atoms. The summed E-state index contributed by atoms with van der Waals surface area (Å²) >= 11 is 0. The van der Waals surface area contributed by atoms with Crippen LogP contribution >= 0.6 is 0 Å². The van der Waals surface area contributed by atoms with Crippen LogP contribution in [0.4, 0.5) is 0 Å². The van der Waals surface area contributed by atoms with Crippen LogP contribution in [-0.4, -0.2) is 59.1 Å². The lowest BCUT2D eigenvalue weighted by molar-refractivity contribution is 0.207. The maximum Gasteiger partial charge on any atom is 0.230 e. The molecule has 6 nitrogen and oxygen atoms in total. The first-order valence-corrected chi connectivity index (χ1v) is 8.59. The molecule has 1 aliphatic rings. The van der Waals surface area contributed by atoms with E-state index in [9.17, 15) is 5.21 Å². The summed E-state index contributed by atoms with van der Waals surface area (Å²) < 4.78 is 5.96. The molecule has 1 saturated heterocycles. The number of nitrogens with zero attached hydrogens (tertiary/aromatic N) is 4. The van der Waals surface area contributed by atoms with Crippen molar-refractivity contribution < 1.29 is 9.94 Å². The molecule has 6 heteroatoms. The first kappa shape index (κ1) is 17.2. The van der Waals surface area contributed by atoms with Crippen LogP contribution in [0, 0.1) is 0 Å². The van der Waals surface area contributed by atoms with Gasteiger partial charge in [-0.15, -0.1) is 0 Å². The lowest BCUT2D eigenvalue weighted by atomic mass is 10.2. The SMILES string of the molecule is CCc1ccc(Oc2ncccc2/C(=N/O)N2CCN(C)CC2)cc1. The predicted octanol–water partition coefficient (Wildman–Crippen LogP) is 2.82. The summed E-state index contributed by atoms with van der Waals surface area (Å²) in [5.41, 5.74) is 1.94. The molecule has 2 aromatic rings. The number of ether oxygens (including phenoxy) is 1. The molecule has 0 spiro atoms. The third kappa shape index (κ3) is 4.09. The number of benzene rings is 1. The summed E-state index contributed by atoms with van der Waals surface area (Å²) in [7, 11) is 2.09. The van der Waals surface area contributed by atoms with Crippen LogP contribution in [0.5, 0.6) is 11.6 Å². The van der Waals surface area contributed by atoms with Crippen LogP contribution < -0.4 is 4.74 Å². The van der Waals surface area contributed by atoms with Crippen LogP contribution in [0.25, 0.3) is 0 Å². The maximum atomic E-state index is 9.61. The van der Waals surface area contributed by atoms with Crippen LogP contribution in [0.1, 0.15) is 18.1 Å². The van der Waals surface area contributed by atoms with E-state index in [1.54, 1.807) is 6.20 Å². The molecule has 0 aliphatic carbocycles. The Bertz CT molecular complexity index is 722. The fourth-order valence-electron chi connectivity index (χ4n) is 2.85. The van der Waals surface area contributed by atoms with Gasteiger partial charge in [-0.05, 0) is 43.3 Å². The summed E-state index contributed by atoms with van der Waals surface area (Å²) in [5, 5.41) is 13.1. The van der Waals surface area contributed by atoms with Gasteiger partial charge < -0.3 is 19.7 Å². The summed E-state index contributed by atoms with van der Waals surface area (Å²) in [6, 6.07) is 11.6. The highest BCUT2D eigenvalue weighted by molar-refractivity contribution is 6.00. The minimum Gasteiger partial charge on any atom is -0.438 e. The Morgan fingerprint density at radius 3 is 2.52 bits per heavy atom. The first-order valence-electron chi connectivity index (χ1n) is 8.59. The first-order chi connectivity index (χ1) is 12.2. The molecular weight excluding hydrogens is 316 g/mol. The quantitative estimate of drug-likeness (QED) is 0.401. The largest absolute Gasteiger partial charge is 0.438 e. The number of hydrogen-bond donors (Lipinski definition) is 1. The zero-order valence-corrected chi connectivity index (χ0v) is 14.7. The second-order valence-electron chi connectivity index (χ2n) is 6.17. The summed E-state index contributed by atoms with van der Waals surface area (Å²) in [5.74, 6) is 1.66. The predicted molar refractivity (Wildman–Crippen MR) is 97.5 cm³/mol. The summed E-state index contributed by atoms with van der Waals surface area (Å²) in [6.45, 7) is 5.57. The molecule has 3 rings (SSSR count). The molecule has 0 amide bonds. The Labute approximate surface area is 148 Å². The van der Waals surface area contributed by atoms with Gasteiger partial charge >= 0.3 is 0 Å². The fourth-order valence-corrected chi connectivity index (χ4v) is 2.85. The van der Waals surface area contributed by atoms with Crippen molar-refractivity contribution in [3.8, 4) is 11.6 Å². The molecule has 0 radical (unpaired) electrons. The van der Waals surface area contributed by atoms with Crippen LogP contribution in [0.15, 0.2) is 47.8 Å². The van der Waals surface area contributed by atoms with E-state index >= 15 is 0 Å². The molecule has 1 N–H and O–H groups in total. The van der Waals surface area contributed by atoms with E-state index in [0.29, 0.717) is 23.0 Å². The number of aryl methyl sites for hydroxylation is 1. The van der Waals surface area contributed by atoms with E-state index in [-0.39, 0.29) is 0 Å². The van der Waals surface area contributed by atoms with Crippen molar-refractivity contribution in [3.63, 3.8) is 0 Å². The number of oxime groups is 1. The minimum atomic E-state index is 0.443. The van der Waals surface area contributed by atoms with E-state index in [4.69, 9.17) is 4.74 Å². The zero-order chi connectivity index (χ0) is 17.6. The minimum absolute atomic E-state index is 0.443. The Balaban J connectivity index is 1.84. The zero-order valence-electron chi connectivity index (χ0n) is 14.7. The average molecular weight is 340 g/mol. The molecule has 1 fully saturated rings. The van der Waals surface area contributed by atoms with Gasteiger partial charge in [0.2, 0.25) is 5.88 Å². The Kier molecular flexibility index (Phi) is 5.50. The van der Waals surface area contributed by atoms with Gasteiger partial charge in [0, 0.05) is 32.4 Å². The number of likely N-dealkylation sites (N-methyl/N-ethyl adjacent to an activating group) is 1. The van der Waals surface area contributed by atoms with E-state index in [1.165, 1.54) is 5.56 Å². The van der Waals surface area contributed by atoms with Crippen LogP contribution in [0.3, 0.4) is 0 Å². The van der Waals surface area contributed by atoms with Gasteiger partial charge in [0.15, 0.2) is 5.84 Å². The second-order valence-corrected chi connectivity index (χ2v) is 6.17. The highest BCUT2D eigenvalue weighted by atomic mass is 16.5. The van der Waals surface area contributed by atoms with Gasteiger partial charge in [0.05, 0.1) is 5.56 Å². The smallest absolute Gasteiger partial charge is 0.230 e. The van der Waals surface area contributed by atoms with Crippen molar-refractivity contribution >= 4 is 5.84 Å². The Morgan fingerprint density at radius 1 is 1.16 bits per heavy atom. The van der Waals surface area contributed by atoms with Crippen molar-refractivity contribution in [2.45, 2.75) is 13.3 Å². The van der Waals surface area contributed by atoms with Crippen molar-refractivity contribution in [3.05, 3.63) is 53.7 Å². The number of amidine groups is 1. The normalized spacial score (nSPS) is 16.1. The molecule has 1 aliphatic heterocycles. The van der Waals surface area contributed by atoms with Crippen LogP contribution in [-0.2, 0) is 6.42 Å². The maximum absolute atomic E-state index is 9.61. The number of pyridine rings is 1. The van der Waals surface area contributed by atoms with E-state index < -0.39 is 0 Å². The lowest BCUT2D eigenvalue weighted by Crippen LogP contribution is -2.47. The van der Waals surface area contributed by atoms with Crippen LogP contribution in [0.2, 0.25) is 0 Å². The molecule has 0 bridgehead atoms. The fraction of sp³-hybridized carbons (Fsp3) is 0.368. The third-order valence-corrected chi connectivity index (χ3v) is 4.46. The van der Waals surface area contributed by atoms with Gasteiger partial charge in [0.25, 0.3) is 0 Å². The Hall–Kier alpha value is -2.60. The van der Waals surface area contributed by atoms with Gasteiger partial charge in [-0.2, -0.15) is 0 Å². The molecule has 2 heterocycles. The second kappa shape index (κ2) is 7.98. The molecule has 1 aromatic heterocycles. The van der Waals surface area contributed by atoms with Gasteiger partial charge in [-0.3, -0.25) is 0 Å². The molecule has 1 aromatic carbocycles. The highest BCUT2D eigenvalue weighted by Crippen LogP contribution is 2.25. The highest BCUT2D eigenvalue weighted by Gasteiger charge is 2.23. The van der Waals surface area contributed by atoms with Crippen molar-refractivity contribution in [1.29, 1.82) is 0 Å². The van der Waals surface area contributed by atoms with E-state index in [1.807, 2.05) is 36.4 Å². The molecule has 0 saturated carbocycles. The number of hydrogen-bond acceptors (Lipinski definition) is 5. The van der Waals surface area contributed by atoms with E-state index in [0.717, 1.165) is 32.6 Å². The van der Waals surface area contributed by atoms with Crippen molar-refractivity contribution in [2.24, 2.45) is 5.16 Å². The van der Waals surface area contributed by atoms with Gasteiger partial charge in [-0.1, -0.05) is 24.2 Å². The standard InChI is InChI=1S/C19H24N4O2/c1-3-15-6-8-16(9-7-15)25-19-17(5-4-10-20-19)18(21-24)23-13-11-22(2)12-14-23/h4-10,24H,3,11-14H2,1-2H3/b21-18-. The van der Waals surface area contributed by atoms with Gasteiger partial charge in [0.1, 0.15) is 5.75 Å².